The lowest BCUT2D eigenvalue weighted by molar-refractivity contribution is -0.158. The number of nitrogens with zero attached hydrogens (tertiary/aromatic N) is 1. The number of carbonyl (C=O) groups is 1. The summed E-state index contributed by atoms with van der Waals surface area (Å²) in [7, 11) is -4.46. The second-order valence-electron chi connectivity index (χ2n) is 9.27. The molecule has 1 N–H and O–H groups in total. The van der Waals surface area contributed by atoms with E-state index in [1.807, 2.05) is 4.98 Å². The minimum atomic E-state index is -4.46. The third-order valence-corrected chi connectivity index (χ3v) is 7.74. The number of phosphoric acid groups is 1. The summed E-state index contributed by atoms with van der Waals surface area (Å²) < 4.78 is 70.2. The zero-order chi connectivity index (χ0) is 28.9. The lowest BCUT2D eigenvalue weighted by Crippen LogP contribution is -2.46. The Kier molecular flexibility index (Phi) is 9.60. The molecule has 0 radical (unpaired) electrons. The molecule has 0 aliphatic carbocycles. The highest BCUT2D eigenvalue weighted by Gasteiger charge is 2.58. The van der Waals surface area contributed by atoms with Crippen LogP contribution in [0.1, 0.15) is 39.8 Å². The number of aromatic nitrogens is 2. The second kappa shape index (κ2) is 12.8. The molecule has 40 heavy (non-hydrogen) atoms. The number of H-pyrrole nitrogens is 1. The third kappa shape index (κ3) is 6.88. The number of ether oxygens (including phenoxy) is 4. The number of esters is 1. The molecule has 2 fully saturated rings. The monoisotopic (exact) mass is 586 g/mol. The fraction of sp³-hybridized carbons (Fsp3) is 0.560. The normalized spacial score (nSPS) is 27.2. The quantitative estimate of drug-likeness (QED) is 0.289. The Hall–Kier alpha value is -2.87. The molecular weight excluding hydrogens is 554 g/mol. The number of nitrogens with one attached hydrogen (secondary N) is 1. The van der Waals surface area contributed by atoms with Crippen LogP contribution in [0.15, 0.2) is 52.2 Å². The van der Waals surface area contributed by atoms with Crippen LogP contribution in [-0.4, -0.2) is 65.6 Å². The maximum atomic E-state index is 16.2. The number of hydrogen-bond donors (Lipinski definition) is 1. The van der Waals surface area contributed by atoms with Crippen molar-refractivity contribution in [2.75, 3.05) is 19.8 Å². The molecule has 2 aliphatic heterocycles. The van der Waals surface area contributed by atoms with Crippen LogP contribution in [0.3, 0.4) is 0 Å². The average molecular weight is 587 g/mol. The molecule has 0 bridgehead atoms. The van der Waals surface area contributed by atoms with Gasteiger partial charge in [-0.1, -0.05) is 32.0 Å². The predicted octanol–water partition coefficient (Wildman–Crippen LogP) is 2.86. The van der Waals surface area contributed by atoms with Gasteiger partial charge in [0, 0.05) is 18.7 Å². The number of halogens is 1. The summed E-state index contributed by atoms with van der Waals surface area (Å²) in [6.07, 6.45) is -4.90. The zero-order valence-electron chi connectivity index (χ0n) is 22.2. The van der Waals surface area contributed by atoms with Gasteiger partial charge >= 0.3 is 19.5 Å². The standard InChI is InChI=1S/C25H32FN2O11P/c1-4-17(22-33-13-14-34-22)39-40(32,38-16-9-7-6-8-10-16)35-15-18-21(37-20(30)5-2)25(3,26)23(36-18)28-12-11-19(29)27-24(28)31/h6-12,17-18,21-23H,4-5,13-15H2,1-3H3,(H,27,29,31)/t17-,18?,21?,23?,25?,40?/m1/s1. The molecule has 3 heterocycles. The van der Waals surface area contributed by atoms with Crippen molar-refractivity contribution in [2.45, 2.75) is 70.1 Å². The SMILES string of the molecule is CCC(=O)OC1C(COP(=O)(Oc2ccccc2)O[C@H](CC)C2OCCO2)OC(n2ccc(=O)[nH]c2=O)C1(C)F. The number of rotatable bonds is 12. The van der Waals surface area contributed by atoms with Gasteiger partial charge in [0.05, 0.1) is 19.8 Å². The molecule has 1 aromatic carbocycles. The Morgan fingerprint density at radius 2 is 1.90 bits per heavy atom. The van der Waals surface area contributed by atoms with Crippen molar-refractivity contribution < 1.29 is 46.3 Å². The summed E-state index contributed by atoms with van der Waals surface area (Å²) in [5, 5.41) is 0. The van der Waals surface area contributed by atoms with Crippen molar-refractivity contribution in [1.29, 1.82) is 0 Å². The first-order valence-corrected chi connectivity index (χ1v) is 14.3. The molecule has 0 amide bonds. The van der Waals surface area contributed by atoms with E-state index in [-0.39, 0.29) is 12.2 Å². The van der Waals surface area contributed by atoms with Gasteiger partial charge in [0.25, 0.3) is 5.56 Å². The molecule has 4 rings (SSSR count). The molecule has 13 nitrogen and oxygen atoms in total. The molecule has 220 valence electrons. The maximum absolute atomic E-state index is 16.2. The summed E-state index contributed by atoms with van der Waals surface area (Å²) in [5.74, 6) is -0.568. The van der Waals surface area contributed by atoms with Crippen LogP contribution in [0, 0.1) is 0 Å². The molecule has 2 aliphatic rings. The van der Waals surface area contributed by atoms with Gasteiger partial charge in [-0.2, -0.15) is 0 Å². The minimum Gasteiger partial charge on any atom is -0.456 e. The highest BCUT2D eigenvalue weighted by molar-refractivity contribution is 7.49. The van der Waals surface area contributed by atoms with Gasteiger partial charge in [-0.25, -0.2) is 13.8 Å². The van der Waals surface area contributed by atoms with Crippen molar-refractivity contribution in [3.63, 3.8) is 0 Å². The molecule has 0 spiro atoms. The van der Waals surface area contributed by atoms with E-state index in [1.165, 1.54) is 19.1 Å². The summed E-state index contributed by atoms with van der Waals surface area (Å²) >= 11 is 0. The summed E-state index contributed by atoms with van der Waals surface area (Å²) in [6.45, 7) is 4.41. The Morgan fingerprint density at radius 1 is 1.20 bits per heavy atom. The van der Waals surface area contributed by atoms with Gasteiger partial charge < -0.3 is 23.5 Å². The number of benzene rings is 1. The Bertz CT molecular complexity index is 1310. The zero-order valence-corrected chi connectivity index (χ0v) is 23.1. The van der Waals surface area contributed by atoms with Crippen molar-refractivity contribution in [1.82, 2.24) is 9.55 Å². The molecule has 1 aromatic heterocycles. The second-order valence-corrected chi connectivity index (χ2v) is 10.8. The summed E-state index contributed by atoms with van der Waals surface area (Å²) in [4.78, 5) is 38.2. The van der Waals surface area contributed by atoms with Crippen LogP contribution in [0.25, 0.3) is 0 Å². The van der Waals surface area contributed by atoms with Crippen molar-refractivity contribution in [2.24, 2.45) is 0 Å². The van der Waals surface area contributed by atoms with E-state index in [0.29, 0.717) is 19.6 Å². The van der Waals surface area contributed by atoms with E-state index in [9.17, 15) is 18.9 Å². The summed E-state index contributed by atoms with van der Waals surface area (Å²) in [6, 6.07) is 9.14. The average Bonchev–Trinajstić information content (AvgIpc) is 3.54. The third-order valence-electron chi connectivity index (χ3n) is 6.31. The summed E-state index contributed by atoms with van der Waals surface area (Å²) in [5.41, 5.74) is -4.10. The molecular formula is C25H32FN2O11P. The van der Waals surface area contributed by atoms with E-state index in [1.54, 1.807) is 25.1 Å². The lowest BCUT2D eigenvalue weighted by atomic mass is 9.98. The highest BCUT2D eigenvalue weighted by Crippen LogP contribution is 2.53. The number of alkyl halides is 1. The Morgan fingerprint density at radius 3 is 2.52 bits per heavy atom. The van der Waals surface area contributed by atoms with Gasteiger partial charge in [-0.05, 0) is 25.5 Å². The topological polar surface area (TPSA) is 154 Å². The van der Waals surface area contributed by atoms with Crippen LogP contribution < -0.4 is 15.8 Å². The Balaban J connectivity index is 1.61. The van der Waals surface area contributed by atoms with Crippen molar-refractivity contribution in [3.05, 3.63) is 63.4 Å². The smallest absolute Gasteiger partial charge is 0.456 e. The van der Waals surface area contributed by atoms with Crippen LogP contribution in [0.5, 0.6) is 5.75 Å². The van der Waals surface area contributed by atoms with Crippen molar-refractivity contribution in [3.8, 4) is 5.75 Å². The molecule has 0 saturated carbocycles. The van der Waals surface area contributed by atoms with Gasteiger partial charge in [-0.15, -0.1) is 0 Å². The van der Waals surface area contributed by atoms with Crippen LogP contribution in [-0.2, 0) is 37.4 Å². The van der Waals surface area contributed by atoms with Crippen LogP contribution >= 0.6 is 7.82 Å². The largest absolute Gasteiger partial charge is 0.530 e. The number of hydrogen-bond acceptors (Lipinski definition) is 11. The van der Waals surface area contributed by atoms with Gasteiger partial charge in [0.15, 0.2) is 24.3 Å². The first-order chi connectivity index (χ1) is 19.1. The number of phosphoric ester groups is 1. The van der Waals surface area contributed by atoms with E-state index < -0.39 is 68.1 Å². The van der Waals surface area contributed by atoms with Gasteiger partial charge in [0.1, 0.15) is 18.0 Å². The fourth-order valence-electron chi connectivity index (χ4n) is 4.29. The Labute approximate surface area is 229 Å². The van der Waals surface area contributed by atoms with Gasteiger partial charge in [-0.3, -0.25) is 28.2 Å². The molecule has 15 heteroatoms. The lowest BCUT2D eigenvalue weighted by Gasteiger charge is -2.28. The van der Waals surface area contributed by atoms with Crippen molar-refractivity contribution >= 4 is 13.8 Å². The highest BCUT2D eigenvalue weighted by atomic mass is 31.2. The number of carbonyl (C=O) groups excluding carboxylic acids is 1. The van der Waals surface area contributed by atoms with E-state index in [2.05, 4.69) is 0 Å². The van der Waals surface area contributed by atoms with E-state index >= 15 is 4.39 Å². The van der Waals surface area contributed by atoms with Crippen LogP contribution in [0.4, 0.5) is 4.39 Å². The predicted molar refractivity (Wildman–Crippen MR) is 136 cm³/mol. The first kappa shape index (κ1) is 30.1. The number of para-hydroxylation sites is 1. The minimum absolute atomic E-state index is 0.0677. The molecule has 2 aromatic rings. The maximum Gasteiger partial charge on any atom is 0.530 e. The van der Waals surface area contributed by atoms with E-state index in [0.717, 1.165) is 23.8 Å². The van der Waals surface area contributed by atoms with Crippen LogP contribution in [0.2, 0.25) is 0 Å². The molecule has 2 saturated heterocycles. The number of aromatic amines is 1. The van der Waals surface area contributed by atoms with E-state index in [4.69, 9.17) is 32.5 Å². The molecule has 6 atom stereocenters. The van der Waals surface area contributed by atoms with Gasteiger partial charge in [0.2, 0.25) is 0 Å². The fourth-order valence-corrected chi connectivity index (χ4v) is 5.74. The molecule has 5 unspecified atom stereocenters. The first-order valence-electron chi connectivity index (χ1n) is 12.8.